The quantitative estimate of drug-likeness (QED) is 0.605. The zero-order valence-electron chi connectivity index (χ0n) is 9.31. The maximum atomic E-state index is 12.5. The molecule has 0 aromatic carbocycles. The minimum atomic E-state index is -6.43. The van der Waals surface area contributed by atoms with Gasteiger partial charge in [0.25, 0.3) is 0 Å². The third-order valence-corrected chi connectivity index (χ3v) is 2.82. The first-order valence-corrected chi connectivity index (χ1v) is 5.82. The normalized spacial score (nSPS) is 15.6. The highest BCUT2D eigenvalue weighted by Crippen LogP contribution is 2.39. The van der Waals surface area contributed by atoms with Crippen LogP contribution in [0.4, 0.5) is 43.9 Å². The molecule has 1 N–H and O–H groups in total. The first kappa shape index (κ1) is 20.2. The van der Waals surface area contributed by atoms with Crippen LogP contribution < -0.4 is 0 Å². The zero-order chi connectivity index (χ0) is 17.5. The van der Waals surface area contributed by atoms with Crippen molar-refractivity contribution in [2.24, 2.45) is 0 Å². The lowest BCUT2D eigenvalue weighted by molar-refractivity contribution is -0.297. The van der Waals surface area contributed by atoms with Crippen molar-refractivity contribution in [2.45, 2.75) is 24.2 Å². The molecule has 0 unspecified atom stereocenters. The second kappa shape index (κ2) is 5.42. The van der Waals surface area contributed by atoms with Crippen LogP contribution >= 0.6 is 0 Å². The molecule has 21 heavy (non-hydrogen) atoms. The van der Waals surface area contributed by atoms with Crippen LogP contribution in [0.3, 0.4) is 0 Å². The highest BCUT2D eigenvalue weighted by molar-refractivity contribution is 7.83. The van der Waals surface area contributed by atoms with E-state index in [-0.39, 0.29) is 0 Å². The molecule has 128 valence electrons. The van der Waals surface area contributed by atoms with Crippen molar-refractivity contribution in [1.29, 1.82) is 0 Å². The van der Waals surface area contributed by atoms with Gasteiger partial charge in [-0.25, -0.2) is 0 Å². The summed E-state index contributed by atoms with van der Waals surface area (Å²) in [6, 6.07) is 0. The highest BCUT2D eigenvalue weighted by atomic mass is 32.2. The number of nitrogens with zero attached hydrogens (tertiary/aromatic N) is 1. The summed E-state index contributed by atoms with van der Waals surface area (Å²) in [6.07, 6.45) is -12.9. The Morgan fingerprint density at radius 1 is 0.714 bits per heavy atom. The average Bonchev–Trinajstić information content (AvgIpc) is 2.10. The van der Waals surface area contributed by atoms with E-state index in [9.17, 15) is 52.3 Å². The lowest BCUT2D eigenvalue weighted by Gasteiger charge is -2.29. The van der Waals surface area contributed by atoms with Crippen molar-refractivity contribution in [3.05, 3.63) is 0 Å². The van der Waals surface area contributed by atoms with E-state index in [1.54, 1.807) is 0 Å². The van der Waals surface area contributed by atoms with Crippen molar-refractivity contribution < 1.29 is 56.9 Å². The second-order valence-corrected chi connectivity index (χ2v) is 5.06. The number of halogens is 10. The molecule has 0 aliphatic carbocycles. The fourth-order valence-electron chi connectivity index (χ4n) is 0.841. The molecule has 0 aliphatic rings. The Morgan fingerprint density at radius 2 is 0.952 bits per heavy atom. The molecule has 0 spiro atoms. The van der Waals surface area contributed by atoms with Crippen molar-refractivity contribution in [1.82, 2.24) is 4.31 Å². The molecule has 0 rings (SSSR count). The van der Waals surface area contributed by atoms with Crippen LogP contribution in [0.15, 0.2) is 0 Å². The second-order valence-electron chi connectivity index (χ2n) is 3.65. The molecule has 0 saturated heterocycles. The molecule has 0 fully saturated rings. The Hall–Kier alpha value is -0.830. The fraction of sp³-hybridized carbons (Fsp3) is 1.00. The zero-order valence-corrected chi connectivity index (χ0v) is 10.1. The molecular formula is C6H5F10NO3S. The monoisotopic (exact) mass is 361 g/mol. The van der Waals surface area contributed by atoms with Gasteiger partial charge in [-0.3, -0.25) is 4.55 Å². The Bertz CT molecular complexity index is 438. The van der Waals surface area contributed by atoms with Crippen molar-refractivity contribution in [3.63, 3.8) is 0 Å². The molecule has 4 nitrogen and oxygen atoms in total. The Morgan fingerprint density at radius 3 is 1.10 bits per heavy atom. The summed E-state index contributed by atoms with van der Waals surface area (Å²) in [4.78, 5) is 0. The van der Waals surface area contributed by atoms with E-state index >= 15 is 0 Å². The Labute approximate surface area is 110 Å². The van der Waals surface area contributed by atoms with Gasteiger partial charge in [-0.2, -0.15) is 56.6 Å². The summed E-state index contributed by atoms with van der Waals surface area (Å²) in [5.41, 5.74) is 0. The van der Waals surface area contributed by atoms with E-state index in [1.165, 1.54) is 0 Å². The van der Waals surface area contributed by atoms with Crippen LogP contribution in [0.25, 0.3) is 0 Å². The average molecular weight is 361 g/mol. The SMILES string of the molecule is O=S(=O)(O)N(CC(F)(F)C(F)(F)F)CC(F)(F)C(F)(F)F. The summed E-state index contributed by atoms with van der Waals surface area (Å²) in [5.74, 6) is -11.9. The third kappa shape index (κ3) is 5.14. The topological polar surface area (TPSA) is 57.6 Å². The maximum absolute atomic E-state index is 12.5. The minimum Gasteiger partial charge on any atom is -0.273 e. The maximum Gasteiger partial charge on any atom is 0.454 e. The van der Waals surface area contributed by atoms with Crippen LogP contribution in [0.5, 0.6) is 0 Å². The van der Waals surface area contributed by atoms with Crippen LogP contribution in [0.1, 0.15) is 0 Å². The van der Waals surface area contributed by atoms with Gasteiger partial charge in [-0.15, -0.1) is 0 Å². The molecule has 0 bridgehead atoms. The van der Waals surface area contributed by atoms with Gasteiger partial charge in [-0.05, 0) is 0 Å². The predicted molar refractivity (Wildman–Crippen MR) is 45.1 cm³/mol. The van der Waals surface area contributed by atoms with E-state index in [2.05, 4.69) is 0 Å². The summed E-state index contributed by atoms with van der Waals surface area (Å²) < 4.78 is 148. The van der Waals surface area contributed by atoms with Gasteiger partial charge in [-0.1, -0.05) is 0 Å². The lowest BCUT2D eigenvalue weighted by Crippen LogP contribution is -2.54. The summed E-state index contributed by atoms with van der Waals surface area (Å²) in [5, 5.41) is 0. The molecule has 15 heteroatoms. The molecule has 0 heterocycles. The molecular weight excluding hydrogens is 356 g/mol. The van der Waals surface area contributed by atoms with Crippen molar-refractivity contribution in [2.75, 3.05) is 13.1 Å². The van der Waals surface area contributed by atoms with E-state index in [1.807, 2.05) is 0 Å². The van der Waals surface area contributed by atoms with Gasteiger partial charge < -0.3 is 0 Å². The Kier molecular flexibility index (Phi) is 5.21. The summed E-state index contributed by atoms with van der Waals surface area (Å²) in [7, 11) is -6.18. The van der Waals surface area contributed by atoms with E-state index in [0.29, 0.717) is 0 Å². The molecule has 0 radical (unpaired) electrons. The molecule has 0 aromatic heterocycles. The number of hydrogen-bond donors (Lipinski definition) is 1. The number of rotatable bonds is 5. The molecule has 0 amide bonds. The summed E-state index contributed by atoms with van der Waals surface area (Å²) >= 11 is 0. The first-order chi connectivity index (χ1) is 8.81. The third-order valence-electron chi connectivity index (χ3n) is 1.91. The van der Waals surface area contributed by atoms with Crippen molar-refractivity contribution >= 4 is 10.3 Å². The largest absolute Gasteiger partial charge is 0.454 e. The van der Waals surface area contributed by atoms with E-state index in [4.69, 9.17) is 4.55 Å². The van der Waals surface area contributed by atoms with Crippen LogP contribution in [0.2, 0.25) is 0 Å². The smallest absolute Gasteiger partial charge is 0.273 e. The van der Waals surface area contributed by atoms with Gasteiger partial charge in [0.05, 0.1) is 13.1 Å². The minimum absolute atomic E-state index is 1.71. The van der Waals surface area contributed by atoms with Gasteiger partial charge in [0.15, 0.2) is 0 Å². The predicted octanol–water partition coefficient (Wildman–Crippen LogP) is 2.49. The summed E-state index contributed by atoms with van der Waals surface area (Å²) in [6.45, 7) is -6.28. The van der Waals surface area contributed by atoms with Crippen molar-refractivity contribution in [3.8, 4) is 0 Å². The van der Waals surface area contributed by atoms with E-state index in [0.717, 1.165) is 0 Å². The molecule has 0 saturated carbocycles. The van der Waals surface area contributed by atoms with E-state index < -0.39 is 51.9 Å². The standard InChI is InChI=1S/C6H5F10NO3S/c7-3(8,5(11,12)13)1-17(21(18,19)20)2-4(9,10)6(14,15)16/h1-2H2,(H,18,19,20). The fourth-order valence-corrected chi connectivity index (χ4v) is 1.49. The number of alkyl halides is 10. The first-order valence-electron chi connectivity index (χ1n) is 4.43. The van der Waals surface area contributed by atoms with Gasteiger partial charge >= 0.3 is 34.5 Å². The van der Waals surface area contributed by atoms with Gasteiger partial charge in [0.1, 0.15) is 0 Å². The number of hydrogen-bond acceptors (Lipinski definition) is 2. The highest BCUT2D eigenvalue weighted by Gasteiger charge is 2.63. The van der Waals surface area contributed by atoms with Gasteiger partial charge in [0, 0.05) is 0 Å². The van der Waals surface area contributed by atoms with Crippen LogP contribution in [-0.2, 0) is 10.3 Å². The molecule has 0 aliphatic heterocycles. The lowest BCUT2D eigenvalue weighted by atomic mass is 10.3. The van der Waals surface area contributed by atoms with Gasteiger partial charge in [0.2, 0.25) is 0 Å². The molecule has 0 aromatic rings. The van der Waals surface area contributed by atoms with Crippen LogP contribution in [0, 0.1) is 0 Å². The Balaban J connectivity index is 5.49. The van der Waals surface area contributed by atoms with Crippen LogP contribution in [-0.4, -0.2) is 54.6 Å². The molecule has 0 atom stereocenters.